The fraction of sp³-hybridized carbons (Fsp3) is 0.462. The number of nitrogens with zero attached hydrogens (tertiary/aromatic N) is 1. The van der Waals surface area contributed by atoms with Crippen LogP contribution in [0.3, 0.4) is 0 Å². The Hall–Kier alpha value is -1.33. The smallest absolute Gasteiger partial charge is 0.399 e. The summed E-state index contributed by atoms with van der Waals surface area (Å²) in [5.41, 5.74) is 1.35. The molecule has 1 aromatic carbocycles. The molecule has 1 N–H and O–H groups in total. The summed E-state index contributed by atoms with van der Waals surface area (Å²) < 4.78 is 12.1. The molecule has 5 heteroatoms. The van der Waals surface area contributed by atoms with Gasteiger partial charge in [-0.05, 0) is 27.7 Å². The van der Waals surface area contributed by atoms with Gasteiger partial charge in [0.1, 0.15) is 0 Å². The predicted octanol–water partition coefficient (Wildman–Crippen LogP) is 1.86. The summed E-state index contributed by atoms with van der Waals surface area (Å²) in [7, 11) is -0.348. The lowest BCUT2D eigenvalue weighted by Gasteiger charge is -2.32. The molecule has 94 valence electrons. The molecule has 0 bridgehead atoms. The third-order valence-electron chi connectivity index (χ3n) is 4.02. The average molecular weight is 244 g/mol. The van der Waals surface area contributed by atoms with Crippen molar-refractivity contribution in [1.82, 2.24) is 10.2 Å². The monoisotopic (exact) mass is 244 g/mol. The Bertz CT molecular complexity index is 575. The lowest BCUT2D eigenvalue weighted by atomic mass is 9.78. The molecule has 3 rings (SSSR count). The van der Waals surface area contributed by atoms with Crippen LogP contribution in [0.5, 0.6) is 0 Å². The molecule has 1 fully saturated rings. The van der Waals surface area contributed by atoms with Crippen LogP contribution in [0.25, 0.3) is 10.9 Å². The van der Waals surface area contributed by atoms with Crippen LogP contribution in [0.1, 0.15) is 27.7 Å². The number of aromatic amines is 1. The topological polar surface area (TPSA) is 47.1 Å². The molecule has 0 unspecified atom stereocenters. The molecule has 2 heterocycles. The zero-order valence-electron chi connectivity index (χ0n) is 11.2. The number of aromatic nitrogens is 2. The quantitative estimate of drug-likeness (QED) is 0.779. The number of hydrogen-bond acceptors (Lipinski definition) is 3. The standard InChI is InChI=1S/C13H17BN2O2/c1-12(2)13(3,4)18-14(17-12)10-7-5-6-9-8-15-16-11(9)10/h5-8H,1-4H3,(H,15,16). The van der Waals surface area contributed by atoms with E-state index < -0.39 is 0 Å². The van der Waals surface area contributed by atoms with Gasteiger partial charge in [0.05, 0.1) is 22.9 Å². The maximum atomic E-state index is 6.06. The number of rotatable bonds is 1. The number of fused-ring (bicyclic) bond motifs is 1. The number of hydrogen-bond donors (Lipinski definition) is 1. The first-order chi connectivity index (χ1) is 8.41. The molecule has 1 aromatic heterocycles. The third-order valence-corrected chi connectivity index (χ3v) is 4.02. The van der Waals surface area contributed by atoms with Gasteiger partial charge in [0, 0.05) is 10.8 Å². The molecule has 1 aliphatic heterocycles. The summed E-state index contributed by atoms with van der Waals surface area (Å²) in [5.74, 6) is 0. The van der Waals surface area contributed by atoms with Gasteiger partial charge in [0.15, 0.2) is 0 Å². The molecule has 0 amide bonds. The first-order valence-corrected chi connectivity index (χ1v) is 6.18. The fourth-order valence-corrected chi connectivity index (χ4v) is 2.16. The van der Waals surface area contributed by atoms with E-state index >= 15 is 0 Å². The van der Waals surface area contributed by atoms with Crippen LogP contribution >= 0.6 is 0 Å². The van der Waals surface area contributed by atoms with Gasteiger partial charge in [-0.15, -0.1) is 0 Å². The molecular weight excluding hydrogens is 227 g/mol. The first kappa shape index (κ1) is 11.7. The van der Waals surface area contributed by atoms with E-state index in [1.807, 2.05) is 24.4 Å². The summed E-state index contributed by atoms with van der Waals surface area (Å²) in [6.07, 6.45) is 1.81. The van der Waals surface area contributed by atoms with Crippen LogP contribution < -0.4 is 5.46 Å². The van der Waals surface area contributed by atoms with Gasteiger partial charge in [-0.2, -0.15) is 5.10 Å². The van der Waals surface area contributed by atoms with E-state index in [9.17, 15) is 0 Å². The maximum Gasteiger partial charge on any atom is 0.497 e. The van der Waals surface area contributed by atoms with Crippen LogP contribution in [0.2, 0.25) is 0 Å². The molecular formula is C13H17BN2O2. The minimum atomic E-state index is -0.348. The maximum absolute atomic E-state index is 6.06. The van der Waals surface area contributed by atoms with Crippen molar-refractivity contribution in [1.29, 1.82) is 0 Å². The third kappa shape index (κ3) is 1.58. The summed E-state index contributed by atoms with van der Waals surface area (Å²) in [6, 6.07) is 6.04. The van der Waals surface area contributed by atoms with Gasteiger partial charge in [0.25, 0.3) is 0 Å². The van der Waals surface area contributed by atoms with Crippen molar-refractivity contribution in [2.45, 2.75) is 38.9 Å². The van der Waals surface area contributed by atoms with Crippen LogP contribution in [0.15, 0.2) is 24.4 Å². The summed E-state index contributed by atoms with van der Waals surface area (Å²) in [4.78, 5) is 0. The molecule has 1 saturated heterocycles. The molecule has 2 aromatic rings. The number of para-hydroxylation sites is 1. The van der Waals surface area contributed by atoms with Crippen LogP contribution in [0, 0.1) is 0 Å². The van der Waals surface area contributed by atoms with E-state index in [2.05, 4.69) is 37.9 Å². The minimum Gasteiger partial charge on any atom is -0.399 e. The molecule has 4 nitrogen and oxygen atoms in total. The Balaban J connectivity index is 2.05. The Labute approximate surface area is 107 Å². The number of benzene rings is 1. The lowest BCUT2D eigenvalue weighted by molar-refractivity contribution is 0.00578. The summed E-state index contributed by atoms with van der Waals surface area (Å²) in [6.45, 7) is 8.22. The second-order valence-corrected chi connectivity index (χ2v) is 5.77. The van der Waals surface area contributed by atoms with E-state index in [0.29, 0.717) is 0 Å². The Morgan fingerprint density at radius 2 is 1.78 bits per heavy atom. The largest absolute Gasteiger partial charge is 0.497 e. The normalized spacial score (nSPS) is 21.7. The van der Waals surface area contributed by atoms with Crippen LogP contribution in [-0.2, 0) is 9.31 Å². The van der Waals surface area contributed by atoms with Crippen molar-refractivity contribution in [2.24, 2.45) is 0 Å². The highest BCUT2D eigenvalue weighted by molar-refractivity contribution is 6.64. The van der Waals surface area contributed by atoms with Gasteiger partial charge in [-0.25, -0.2) is 0 Å². The highest BCUT2D eigenvalue weighted by atomic mass is 16.7. The SMILES string of the molecule is CC1(C)OB(c2cccc3cn[nH]c23)OC1(C)C. The Morgan fingerprint density at radius 1 is 1.11 bits per heavy atom. The predicted molar refractivity (Wildman–Crippen MR) is 71.8 cm³/mol. The van der Waals surface area contributed by atoms with Gasteiger partial charge >= 0.3 is 7.12 Å². The summed E-state index contributed by atoms with van der Waals surface area (Å²) in [5, 5.41) is 8.15. The highest BCUT2D eigenvalue weighted by Gasteiger charge is 2.52. The van der Waals surface area contributed by atoms with Gasteiger partial charge in [-0.1, -0.05) is 18.2 Å². The van der Waals surface area contributed by atoms with Crippen molar-refractivity contribution in [3.05, 3.63) is 24.4 Å². The van der Waals surface area contributed by atoms with Crippen molar-refractivity contribution in [2.75, 3.05) is 0 Å². The second kappa shape index (κ2) is 3.59. The van der Waals surface area contributed by atoms with Crippen molar-refractivity contribution >= 4 is 23.5 Å². The van der Waals surface area contributed by atoms with Crippen molar-refractivity contribution < 1.29 is 9.31 Å². The zero-order valence-corrected chi connectivity index (χ0v) is 11.2. The average Bonchev–Trinajstić information content (AvgIpc) is 2.81. The van der Waals surface area contributed by atoms with Gasteiger partial charge < -0.3 is 9.31 Å². The van der Waals surface area contributed by atoms with Gasteiger partial charge in [-0.3, -0.25) is 5.10 Å². The first-order valence-electron chi connectivity index (χ1n) is 6.18. The zero-order chi connectivity index (χ0) is 13.0. The van der Waals surface area contributed by atoms with Crippen molar-refractivity contribution in [3.63, 3.8) is 0 Å². The van der Waals surface area contributed by atoms with E-state index in [1.165, 1.54) is 0 Å². The Morgan fingerprint density at radius 3 is 2.44 bits per heavy atom. The fourth-order valence-electron chi connectivity index (χ4n) is 2.16. The van der Waals surface area contributed by atoms with E-state index in [4.69, 9.17) is 9.31 Å². The highest BCUT2D eigenvalue weighted by Crippen LogP contribution is 2.36. The number of H-pyrrole nitrogens is 1. The molecule has 1 aliphatic rings. The minimum absolute atomic E-state index is 0.320. The van der Waals surface area contributed by atoms with Crippen LogP contribution in [0.4, 0.5) is 0 Å². The van der Waals surface area contributed by atoms with E-state index in [-0.39, 0.29) is 18.3 Å². The molecule has 0 saturated carbocycles. The molecule has 0 spiro atoms. The number of nitrogens with one attached hydrogen (secondary N) is 1. The Kier molecular flexibility index (Phi) is 2.34. The second-order valence-electron chi connectivity index (χ2n) is 5.77. The molecule has 18 heavy (non-hydrogen) atoms. The van der Waals surface area contributed by atoms with E-state index in [0.717, 1.165) is 16.4 Å². The van der Waals surface area contributed by atoms with Crippen molar-refractivity contribution in [3.8, 4) is 0 Å². The van der Waals surface area contributed by atoms with E-state index in [1.54, 1.807) is 0 Å². The lowest BCUT2D eigenvalue weighted by Crippen LogP contribution is -2.41. The molecule has 0 radical (unpaired) electrons. The molecule has 0 aliphatic carbocycles. The summed E-state index contributed by atoms with van der Waals surface area (Å²) >= 11 is 0. The van der Waals surface area contributed by atoms with Gasteiger partial charge in [0.2, 0.25) is 0 Å². The molecule has 0 atom stereocenters. The van der Waals surface area contributed by atoms with Crippen LogP contribution in [-0.4, -0.2) is 28.5 Å².